The summed E-state index contributed by atoms with van der Waals surface area (Å²) in [6, 6.07) is 4.94. The van der Waals surface area contributed by atoms with E-state index in [2.05, 4.69) is 0 Å². The minimum absolute atomic E-state index is 0.170. The first-order valence-electron chi connectivity index (χ1n) is 6.62. The molecule has 0 aliphatic carbocycles. The van der Waals surface area contributed by atoms with Crippen molar-refractivity contribution in [1.29, 1.82) is 0 Å². The van der Waals surface area contributed by atoms with Gasteiger partial charge in [0, 0.05) is 13.0 Å². The molecule has 0 radical (unpaired) electrons. The van der Waals surface area contributed by atoms with Gasteiger partial charge in [-0.3, -0.25) is 0 Å². The predicted octanol–water partition coefficient (Wildman–Crippen LogP) is 2.80. The largest absolute Gasteiger partial charge is 0.494 e. The molecule has 108 valence electrons. The van der Waals surface area contributed by atoms with Crippen LogP contribution in [0.2, 0.25) is 0 Å². The molecule has 0 saturated carbocycles. The van der Waals surface area contributed by atoms with Gasteiger partial charge >= 0.3 is 0 Å². The molecule has 3 nitrogen and oxygen atoms in total. The van der Waals surface area contributed by atoms with Crippen LogP contribution < -0.4 is 4.74 Å². The van der Waals surface area contributed by atoms with Gasteiger partial charge < -0.3 is 14.6 Å². The van der Waals surface area contributed by atoms with Crippen LogP contribution in [0.3, 0.4) is 0 Å². The molecular formula is C15H23FO3. The topological polar surface area (TPSA) is 38.7 Å². The van der Waals surface area contributed by atoms with Gasteiger partial charge in [-0.15, -0.1) is 0 Å². The summed E-state index contributed by atoms with van der Waals surface area (Å²) in [5, 5.41) is 10.2. The van der Waals surface area contributed by atoms with E-state index < -0.39 is 11.9 Å². The molecule has 1 N–H and O–H groups in total. The molecule has 0 spiro atoms. The zero-order valence-electron chi connectivity index (χ0n) is 12.0. The normalized spacial score (nSPS) is 14.5. The van der Waals surface area contributed by atoms with Crippen LogP contribution in [0.15, 0.2) is 18.2 Å². The Hall–Kier alpha value is -1.13. The van der Waals surface area contributed by atoms with Gasteiger partial charge in [0.1, 0.15) is 0 Å². The Morgan fingerprint density at radius 1 is 1.32 bits per heavy atom. The summed E-state index contributed by atoms with van der Waals surface area (Å²) in [5.41, 5.74) is 0.442. The first-order chi connectivity index (χ1) is 9.01. The lowest BCUT2D eigenvalue weighted by molar-refractivity contribution is -0.0564. The lowest BCUT2D eigenvalue weighted by Crippen LogP contribution is -2.35. The van der Waals surface area contributed by atoms with Crippen LogP contribution in [0.25, 0.3) is 0 Å². The highest BCUT2D eigenvalue weighted by Crippen LogP contribution is 2.23. The van der Waals surface area contributed by atoms with Crippen molar-refractivity contribution in [2.24, 2.45) is 5.92 Å². The molecule has 0 saturated heterocycles. The van der Waals surface area contributed by atoms with Crippen molar-refractivity contribution in [1.82, 2.24) is 0 Å². The first kappa shape index (κ1) is 15.9. The fraction of sp³-hybridized carbons (Fsp3) is 0.600. The van der Waals surface area contributed by atoms with E-state index >= 15 is 0 Å². The second-order valence-electron chi connectivity index (χ2n) is 4.87. The van der Waals surface area contributed by atoms with E-state index in [1.165, 1.54) is 7.11 Å². The lowest BCUT2D eigenvalue weighted by Gasteiger charge is -2.26. The van der Waals surface area contributed by atoms with E-state index in [-0.39, 0.29) is 24.2 Å². The van der Waals surface area contributed by atoms with Gasteiger partial charge in [-0.05, 0) is 24.5 Å². The predicted molar refractivity (Wildman–Crippen MR) is 72.9 cm³/mol. The van der Waals surface area contributed by atoms with Crippen molar-refractivity contribution < 1.29 is 19.0 Å². The van der Waals surface area contributed by atoms with Crippen LogP contribution in [0, 0.1) is 11.7 Å². The maximum Gasteiger partial charge on any atom is 0.168 e. The molecule has 1 aromatic rings. The Labute approximate surface area is 114 Å². The fourth-order valence-electron chi connectivity index (χ4n) is 2.15. The van der Waals surface area contributed by atoms with Crippen LogP contribution in [-0.2, 0) is 11.2 Å². The van der Waals surface area contributed by atoms with E-state index in [9.17, 15) is 9.50 Å². The van der Waals surface area contributed by atoms with Gasteiger partial charge in [0.15, 0.2) is 11.6 Å². The highest BCUT2D eigenvalue weighted by atomic mass is 19.1. The Morgan fingerprint density at radius 3 is 2.53 bits per heavy atom. The smallest absolute Gasteiger partial charge is 0.168 e. The quantitative estimate of drug-likeness (QED) is 0.828. The summed E-state index contributed by atoms with van der Waals surface area (Å²) >= 11 is 0. The summed E-state index contributed by atoms with van der Waals surface area (Å²) in [4.78, 5) is 0. The number of methoxy groups -OCH3 is 1. The van der Waals surface area contributed by atoms with E-state index in [0.29, 0.717) is 12.2 Å². The van der Waals surface area contributed by atoms with Gasteiger partial charge in [0.25, 0.3) is 0 Å². The number of halogens is 1. The molecule has 0 heterocycles. The zero-order chi connectivity index (χ0) is 14.4. The van der Waals surface area contributed by atoms with Crippen molar-refractivity contribution in [3.05, 3.63) is 29.6 Å². The molecule has 4 heteroatoms. The van der Waals surface area contributed by atoms with Crippen LogP contribution in [0.5, 0.6) is 5.75 Å². The van der Waals surface area contributed by atoms with E-state index in [4.69, 9.17) is 9.47 Å². The molecule has 0 bridgehead atoms. The number of hydrogen-bond donors (Lipinski definition) is 1. The van der Waals surface area contributed by atoms with E-state index in [1.807, 2.05) is 20.8 Å². The molecule has 0 aliphatic heterocycles. The molecule has 2 unspecified atom stereocenters. The van der Waals surface area contributed by atoms with Gasteiger partial charge in [-0.2, -0.15) is 0 Å². The number of benzene rings is 1. The monoisotopic (exact) mass is 270 g/mol. The van der Waals surface area contributed by atoms with E-state index in [0.717, 1.165) is 0 Å². The standard InChI is InChI=1S/C15H23FO3/c1-5-19-15(10(2)3)12(17)9-11-7-6-8-13(18-4)14(11)16/h6-8,10,12,15,17H,5,9H2,1-4H3. The average Bonchev–Trinajstić information content (AvgIpc) is 2.37. The highest BCUT2D eigenvalue weighted by molar-refractivity contribution is 5.31. The lowest BCUT2D eigenvalue weighted by atomic mass is 9.96. The molecular weight excluding hydrogens is 247 g/mol. The second-order valence-corrected chi connectivity index (χ2v) is 4.87. The summed E-state index contributed by atoms with van der Waals surface area (Å²) in [6.45, 7) is 6.37. The molecule has 1 rings (SSSR count). The highest BCUT2D eigenvalue weighted by Gasteiger charge is 2.24. The van der Waals surface area contributed by atoms with Gasteiger partial charge in [0.05, 0.1) is 19.3 Å². The van der Waals surface area contributed by atoms with Crippen molar-refractivity contribution >= 4 is 0 Å². The molecule has 1 aromatic carbocycles. The Morgan fingerprint density at radius 2 is 2.00 bits per heavy atom. The van der Waals surface area contributed by atoms with Crippen LogP contribution in [0.1, 0.15) is 26.3 Å². The summed E-state index contributed by atoms with van der Waals surface area (Å²) < 4.78 is 24.5. The molecule has 2 atom stereocenters. The van der Waals surface area contributed by atoms with Crippen LogP contribution in [0.4, 0.5) is 4.39 Å². The number of aliphatic hydroxyl groups is 1. The second kappa shape index (κ2) is 7.46. The minimum atomic E-state index is -0.735. The van der Waals surface area contributed by atoms with Crippen LogP contribution >= 0.6 is 0 Å². The summed E-state index contributed by atoms with van der Waals surface area (Å²) in [7, 11) is 1.43. The minimum Gasteiger partial charge on any atom is -0.494 e. The molecule has 0 aliphatic rings. The maximum absolute atomic E-state index is 14.0. The maximum atomic E-state index is 14.0. The molecule has 0 fully saturated rings. The van der Waals surface area contributed by atoms with Crippen molar-refractivity contribution in [3.8, 4) is 5.75 Å². The van der Waals surface area contributed by atoms with Gasteiger partial charge in [-0.1, -0.05) is 26.0 Å². The van der Waals surface area contributed by atoms with Gasteiger partial charge in [-0.25, -0.2) is 4.39 Å². The Kier molecular flexibility index (Phi) is 6.25. The van der Waals surface area contributed by atoms with Crippen LogP contribution in [-0.4, -0.2) is 31.0 Å². The summed E-state index contributed by atoms with van der Waals surface area (Å²) in [5.74, 6) is -0.0473. The third-order valence-corrected chi connectivity index (χ3v) is 3.09. The first-order valence-corrected chi connectivity index (χ1v) is 6.62. The molecule has 0 amide bonds. The molecule has 0 aromatic heterocycles. The Bertz CT molecular complexity index is 393. The fourth-order valence-corrected chi connectivity index (χ4v) is 2.15. The SMILES string of the molecule is CCOC(C(C)C)C(O)Cc1cccc(OC)c1F. The number of hydrogen-bond acceptors (Lipinski definition) is 3. The van der Waals surface area contributed by atoms with Gasteiger partial charge in [0.2, 0.25) is 0 Å². The molecule has 19 heavy (non-hydrogen) atoms. The third kappa shape index (κ3) is 4.18. The Balaban J connectivity index is 2.83. The number of ether oxygens (including phenoxy) is 2. The summed E-state index contributed by atoms with van der Waals surface area (Å²) in [6.07, 6.45) is -0.816. The third-order valence-electron chi connectivity index (χ3n) is 3.09. The van der Waals surface area contributed by atoms with Crippen molar-refractivity contribution in [3.63, 3.8) is 0 Å². The zero-order valence-corrected chi connectivity index (χ0v) is 12.0. The number of aliphatic hydroxyl groups excluding tert-OH is 1. The van der Waals surface area contributed by atoms with E-state index in [1.54, 1.807) is 18.2 Å². The number of rotatable bonds is 7. The average molecular weight is 270 g/mol. The van der Waals surface area contributed by atoms with Crippen molar-refractivity contribution in [2.45, 2.75) is 39.4 Å². The van der Waals surface area contributed by atoms with Crippen molar-refractivity contribution in [2.75, 3.05) is 13.7 Å².